The number of aliphatic hydroxyl groups is 1. The summed E-state index contributed by atoms with van der Waals surface area (Å²) in [5.41, 5.74) is 0.895. The van der Waals surface area contributed by atoms with Crippen molar-refractivity contribution >= 4 is 10.8 Å². The quantitative estimate of drug-likeness (QED) is 0.774. The van der Waals surface area contributed by atoms with Gasteiger partial charge in [0.15, 0.2) is 0 Å². The molecule has 2 aromatic rings. The summed E-state index contributed by atoms with van der Waals surface area (Å²) >= 11 is 0. The minimum absolute atomic E-state index is 0.500. The molecule has 0 radical (unpaired) electrons. The van der Waals surface area contributed by atoms with Crippen LogP contribution in [0.25, 0.3) is 10.8 Å². The summed E-state index contributed by atoms with van der Waals surface area (Å²) in [4.78, 5) is 4.17. The summed E-state index contributed by atoms with van der Waals surface area (Å²) in [6, 6.07) is 8.00. The molecule has 0 aliphatic rings. The molecule has 90 valence electrons. The van der Waals surface area contributed by atoms with E-state index in [1.807, 2.05) is 30.5 Å². The second-order valence-corrected chi connectivity index (χ2v) is 4.17. The van der Waals surface area contributed by atoms with Gasteiger partial charge in [-0.2, -0.15) is 0 Å². The molecule has 0 amide bonds. The molecule has 17 heavy (non-hydrogen) atoms. The molecule has 0 aliphatic carbocycles. The summed E-state index contributed by atoms with van der Waals surface area (Å²) in [7, 11) is 0. The summed E-state index contributed by atoms with van der Waals surface area (Å²) in [5, 5.41) is 15.5. The van der Waals surface area contributed by atoms with Crippen molar-refractivity contribution in [2.45, 2.75) is 19.4 Å². The van der Waals surface area contributed by atoms with Crippen molar-refractivity contribution in [3.8, 4) is 0 Å². The lowest BCUT2D eigenvalue weighted by molar-refractivity contribution is 0.176. The third-order valence-corrected chi connectivity index (χ3v) is 2.82. The summed E-state index contributed by atoms with van der Waals surface area (Å²) in [6.45, 7) is 3.61. The molecule has 0 fully saturated rings. The second-order valence-electron chi connectivity index (χ2n) is 4.17. The largest absolute Gasteiger partial charge is 0.387 e. The minimum Gasteiger partial charge on any atom is -0.387 e. The molecular formula is C14H18N2O. The third kappa shape index (κ3) is 2.81. The first-order valence-electron chi connectivity index (χ1n) is 6.04. The van der Waals surface area contributed by atoms with Crippen LogP contribution in [-0.2, 0) is 0 Å². The topological polar surface area (TPSA) is 45.1 Å². The van der Waals surface area contributed by atoms with Gasteiger partial charge in [0.1, 0.15) is 0 Å². The van der Waals surface area contributed by atoms with Crippen LogP contribution in [0, 0.1) is 0 Å². The highest BCUT2D eigenvalue weighted by Gasteiger charge is 2.10. The van der Waals surface area contributed by atoms with E-state index in [2.05, 4.69) is 17.2 Å². The fraction of sp³-hybridized carbons (Fsp3) is 0.357. The van der Waals surface area contributed by atoms with Crippen molar-refractivity contribution in [3.05, 3.63) is 42.2 Å². The molecule has 2 N–H and O–H groups in total. The molecule has 0 aliphatic heterocycles. The Labute approximate surface area is 102 Å². The van der Waals surface area contributed by atoms with Crippen LogP contribution in [0.5, 0.6) is 0 Å². The van der Waals surface area contributed by atoms with Crippen molar-refractivity contribution < 1.29 is 5.11 Å². The fourth-order valence-corrected chi connectivity index (χ4v) is 1.93. The van der Waals surface area contributed by atoms with Gasteiger partial charge < -0.3 is 10.4 Å². The van der Waals surface area contributed by atoms with E-state index in [1.165, 1.54) is 0 Å². The molecule has 1 unspecified atom stereocenters. The van der Waals surface area contributed by atoms with Crippen LogP contribution in [0.4, 0.5) is 0 Å². The smallest absolute Gasteiger partial charge is 0.0935 e. The molecule has 3 heteroatoms. The number of benzene rings is 1. The van der Waals surface area contributed by atoms with Crippen LogP contribution in [0.15, 0.2) is 36.7 Å². The van der Waals surface area contributed by atoms with E-state index in [4.69, 9.17) is 0 Å². The van der Waals surface area contributed by atoms with Gasteiger partial charge in [-0.25, -0.2) is 0 Å². The van der Waals surface area contributed by atoms with Crippen molar-refractivity contribution in [2.75, 3.05) is 13.1 Å². The summed E-state index contributed by atoms with van der Waals surface area (Å²) in [5.74, 6) is 0. The predicted molar refractivity (Wildman–Crippen MR) is 69.9 cm³/mol. The van der Waals surface area contributed by atoms with Crippen molar-refractivity contribution in [2.24, 2.45) is 0 Å². The Morgan fingerprint density at radius 3 is 2.94 bits per heavy atom. The number of hydrogen-bond donors (Lipinski definition) is 2. The molecule has 1 heterocycles. The lowest BCUT2D eigenvalue weighted by Crippen LogP contribution is -2.22. The molecule has 0 spiro atoms. The van der Waals surface area contributed by atoms with E-state index in [0.29, 0.717) is 6.54 Å². The number of pyridine rings is 1. The van der Waals surface area contributed by atoms with E-state index in [0.717, 1.165) is 29.3 Å². The molecule has 0 saturated carbocycles. The number of hydrogen-bond acceptors (Lipinski definition) is 3. The van der Waals surface area contributed by atoms with Crippen molar-refractivity contribution in [3.63, 3.8) is 0 Å². The van der Waals surface area contributed by atoms with Crippen LogP contribution in [0.1, 0.15) is 25.0 Å². The summed E-state index contributed by atoms with van der Waals surface area (Å²) < 4.78 is 0. The number of aliphatic hydroxyl groups excluding tert-OH is 1. The molecule has 1 aromatic carbocycles. The normalized spacial score (nSPS) is 12.8. The van der Waals surface area contributed by atoms with Crippen LogP contribution in [0.2, 0.25) is 0 Å². The maximum atomic E-state index is 10.1. The first-order valence-corrected chi connectivity index (χ1v) is 6.04. The van der Waals surface area contributed by atoms with Gasteiger partial charge in [0.25, 0.3) is 0 Å². The lowest BCUT2D eigenvalue weighted by atomic mass is 10.0. The first kappa shape index (κ1) is 12.0. The first-order chi connectivity index (χ1) is 8.33. The van der Waals surface area contributed by atoms with Gasteiger partial charge in [0.05, 0.1) is 6.10 Å². The zero-order chi connectivity index (χ0) is 12.1. The summed E-state index contributed by atoms with van der Waals surface area (Å²) in [6.07, 6.45) is 4.15. The second kappa shape index (κ2) is 5.75. The van der Waals surface area contributed by atoms with Gasteiger partial charge in [0, 0.05) is 29.9 Å². The molecule has 1 aromatic heterocycles. The average Bonchev–Trinajstić information content (AvgIpc) is 2.38. The lowest BCUT2D eigenvalue weighted by Gasteiger charge is -2.13. The predicted octanol–water partition coefficient (Wildman–Crippen LogP) is 2.27. The van der Waals surface area contributed by atoms with Gasteiger partial charge in [-0.15, -0.1) is 0 Å². The number of nitrogens with one attached hydrogen (secondary N) is 1. The van der Waals surface area contributed by atoms with Crippen LogP contribution >= 0.6 is 0 Å². The zero-order valence-corrected chi connectivity index (χ0v) is 10.1. The molecule has 0 saturated heterocycles. The molecule has 2 rings (SSSR count). The standard InChI is InChI=1S/C14H18N2O/c1-2-7-15-10-14(17)13-9-16-8-11-5-3-4-6-12(11)13/h3-6,8-9,14-15,17H,2,7,10H2,1H3. The van der Waals surface area contributed by atoms with E-state index >= 15 is 0 Å². The van der Waals surface area contributed by atoms with Crippen LogP contribution in [-0.4, -0.2) is 23.2 Å². The Morgan fingerprint density at radius 2 is 2.12 bits per heavy atom. The van der Waals surface area contributed by atoms with Gasteiger partial charge in [-0.05, 0) is 18.4 Å². The molecule has 3 nitrogen and oxygen atoms in total. The molecular weight excluding hydrogens is 212 g/mol. The highest BCUT2D eigenvalue weighted by atomic mass is 16.3. The maximum absolute atomic E-state index is 10.1. The molecule has 1 atom stereocenters. The SMILES string of the molecule is CCCNCC(O)c1cncc2ccccc12. The number of rotatable bonds is 5. The molecule has 0 bridgehead atoms. The third-order valence-electron chi connectivity index (χ3n) is 2.82. The van der Waals surface area contributed by atoms with Crippen LogP contribution in [0.3, 0.4) is 0 Å². The Kier molecular flexibility index (Phi) is 4.07. The number of fused-ring (bicyclic) bond motifs is 1. The van der Waals surface area contributed by atoms with Crippen molar-refractivity contribution in [1.82, 2.24) is 10.3 Å². The van der Waals surface area contributed by atoms with E-state index in [1.54, 1.807) is 6.20 Å². The van der Waals surface area contributed by atoms with Crippen molar-refractivity contribution in [1.29, 1.82) is 0 Å². The fourth-order valence-electron chi connectivity index (χ4n) is 1.93. The van der Waals surface area contributed by atoms with Crippen LogP contribution < -0.4 is 5.32 Å². The Bertz CT molecular complexity index is 479. The Hall–Kier alpha value is -1.45. The van der Waals surface area contributed by atoms with Gasteiger partial charge >= 0.3 is 0 Å². The Morgan fingerprint density at radius 1 is 1.29 bits per heavy atom. The Balaban J connectivity index is 2.22. The monoisotopic (exact) mass is 230 g/mol. The zero-order valence-electron chi connectivity index (χ0n) is 10.1. The average molecular weight is 230 g/mol. The van der Waals surface area contributed by atoms with E-state index in [9.17, 15) is 5.11 Å². The number of aromatic nitrogens is 1. The van der Waals surface area contributed by atoms with Gasteiger partial charge in [0.2, 0.25) is 0 Å². The number of nitrogens with zero attached hydrogens (tertiary/aromatic N) is 1. The van der Waals surface area contributed by atoms with Gasteiger partial charge in [-0.3, -0.25) is 4.98 Å². The van der Waals surface area contributed by atoms with E-state index < -0.39 is 6.10 Å². The van der Waals surface area contributed by atoms with E-state index in [-0.39, 0.29) is 0 Å². The highest BCUT2D eigenvalue weighted by Crippen LogP contribution is 2.22. The highest BCUT2D eigenvalue weighted by molar-refractivity contribution is 5.84. The maximum Gasteiger partial charge on any atom is 0.0935 e. The minimum atomic E-state index is -0.500. The van der Waals surface area contributed by atoms with Gasteiger partial charge in [-0.1, -0.05) is 31.2 Å².